The fraction of sp³-hybridized carbons (Fsp3) is 0. The average molecular weight is 259 g/mol. The molecule has 2 rings (SSSR count). The van der Waals surface area contributed by atoms with Gasteiger partial charge in [-0.3, -0.25) is 9.78 Å². The zero-order valence-electron chi connectivity index (χ0n) is 9.09. The molecule has 0 aliphatic carbocycles. The second-order valence-electron chi connectivity index (χ2n) is 3.35. The van der Waals surface area contributed by atoms with Crippen molar-refractivity contribution in [2.45, 2.75) is 0 Å². The van der Waals surface area contributed by atoms with E-state index in [0.29, 0.717) is 11.3 Å². The van der Waals surface area contributed by atoms with Crippen LogP contribution < -0.4 is 5.32 Å². The van der Waals surface area contributed by atoms with Gasteiger partial charge in [-0.2, -0.15) is 5.26 Å². The normalized spacial score (nSPS) is 9.56. The van der Waals surface area contributed by atoms with Gasteiger partial charge in [-0.05, 0) is 18.2 Å². The van der Waals surface area contributed by atoms with Crippen LogP contribution in [0.15, 0.2) is 36.8 Å². The van der Waals surface area contributed by atoms with Crippen molar-refractivity contribution in [2.24, 2.45) is 0 Å². The number of rotatable bonds is 2. The predicted molar refractivity (Wildman–Crippen MR) is 66.2 cm³/mol. The van der Waals surface area contributed by atoms with Gasteiger partial charge in [-0.15, -0.1) is 0 Å². The molecule has 2 aromatic rings. The van der Waals surface area contributed by atoms with E-state index in [4.69, 9.17) is 16.9 Å². The molecule has 6 heteroatoms. The van der Waals surface area contributed by atoms with Crippen LogP contribution in [0.3, 0.4) is 0 Å². The Balaban J connectivity index is 2.18. The lowest BCUT2D eigenvalue weighted by Crippen LogP contribution is -2.13. The first-order chi connectivity index (χ1) is 8.70. The van der Waals surface area contributed by atoms with Crippen molar-refractivity contribution in [2.75, 3.05) is 5.32 Å². The predicted octanol–water partition coefficient (Wildman–Crippen LogP) is 2.25. The first-order valence-corrected chi connectivity index (χ1v) is 5.35. The molecule has 0 atom stereocenters. The fourth-order valence-electron chi connectivity index (χ4n) is 1.30. The maximum atomic E-state index is 11.8. The Morgan fingerprint density at radius 3 is 2.83 bits per heavy atom. The van der Waals surface area contributed by atoms with Gasteiger partial charge in [0.2, 0.25) is 0 Å². The van der Waals surface area contributed by atoms with Gasteiger partial charge in [0, 0.05) is 18.1 Å². The van der Waals surface area contributed by atoms with E-state index in [2.05, 4.69) is 15.3 Å². The zero-order valence-corrected chi connectivity index (χ0v) is 9.85. The molecule has 0 unspecified atom stereocenters. The summed E-state index contributed by atoms with van der Waals surface area (Å²) in [6.45, 7) is 0. The van der Waals surface area contributed by atoms with Crippen LogP contribution in [0.25, 0.3) is 0 Å². The third kappa shape index (κ3) is 2.62. The summed E-state index contributed by atoms with van der Waals surface area (Å²) < 4.78 is 0. The van der Waals surface area contributed by atoms with Gasteiger partial charge in [-0.25, -0.2) is 4.98 Å². The summed E-state index contributed by atoms with van der Waals surface area (Å²) in [5.41, 5.74) is 1.06. The number of anilines is 1. The molecule has 0 aliphatic rings. The Morgan fingerprint density at radius 1 is 1.39 bits per heavy atom. The second kappa shape index (κ2) is 5.25. The first kappa shape index (κ1) is 12.0. The molecule has 1 N–H and O–H groups in total. The Bertz CT molecular complexity index is 622. The number of carbonyl (C=O) groups excluding carboxylic acids is 1. The molecule has 18 heavy (non-hydrogen) atoms. The molecule has 1 heterocycles. The molecule has 0 fully saturated rings. The lowest BCUT2D eigenvalue weighted by molar-refractivity contribution is 0.102. The molecule has 1 aromatic carbocycles. The molecule has 0 saturated carbocycles. The van der Waals surface area contributed by atoms with Crippen molar-refractivity contribution >= 4 is 23.2 Å². The molecule has 5 nitrogen and oxygen atoms in total. The summed E-state index contributed by atoms with van der Waals surface area (Å²) >= 11 is 5.86. The van der Waals surface area contributed by atoms with E-state index >= 15 is 0 Å². The molecule has 0 saturated heterocycles. The van der Waals surface area contributed by atoms with Crippen molar-refractivity contribution in [1.29, 1.82) is 5.26 Å². The summed E-state index contributed by atoms with van der Waals surface area (Å²) in [6, 6.07) is 6.58. The average Bonchev–Trinajstić information content (AvgIpc) is 2.40. The van der Waals surface area contributed by atoms with Crippen LogP contribution in [0.5, 0.6) is 0 Å². The molecule has 1 amide bonds. The highest BCUT2D eigenvalue weighted by atomic mass is 35.5. The molecule has 1 aromatic heterocycles. The minimum absolute atomic E-state index is 0.206. The van der Waals surface area contributed by atoms with Crippen molar-refractivity contribution < 1.29 is 4.79 Å². The number of nitrogens with zero attached hydrogens (tertiary/aromatic N) is 3. The lowest BCUT2D eigenvalue weighted by Gasteiger charge is -2.05. The van der Waals surface area contributed by atoms with Crippen LogP contribution in [-0.2, 0) is 0 Å². The molecule has 88 valence electrons. The van der Waals surface area contributed by atoms with Crippen LogP contribution in [0.2, 0.25) is 5.02 Å². The van der Waals surface area contributed by atoms with Crippen LogP contribution in [0.1, 0.15) is 16.1 Å². The van der Waals surface area contributed by atoms with Crippen LogP contribution >= 0.6 is 11.6 Å². The molecule has 0 radical (unpaired) electrons. The monoisotopic (exact) mass is 258 g/mol. The topological polar surface area (TPSA) is 78.7 Å². The van der Waals surface area contributed by atoms with Crippen LogP contribution in [0, 0.1) is 11.3 Å². The fourth-order valence-corrected chi connectivity index (χ4v) is 1.52. The molecular formula is C12H7ClN4O. The number of halogens is 1. The first-order valence-electron chi connectivity index (χ1n) is 4.97. The highest BCUT2D eigenvalue weighted by Crippen LogP contribution is 2.20. The van der Waals surface area contributed by atoms with E-state index in [1.165, 1.54) is 30.7 Å². The van der Waals surface area contributed by atoms with E-state index in [0.717, 1.165) is 0 Å². The van der Waals surface area contributed by atoms with Crippen molar-refractivity contribution in [3.05, 3.63) is 53.1 Å². The maximum absolute atomic E-state index is 11.8. The van der Waals surface area contributed by atoms with E-state index in [-0.39, 0.29) is 16.6 Å². The number of amides is 1. The zero-order chi connectivity index (χ0) is 13.0. The van der Waals surface area contributed by atoms with Gasteiger partial charge in [-0.1, -0.05) is 11.6 Å². The number of benzene rings is 1. The Kier molecular flexibility index (Phi) is 3.51. The number of nitriles is 1. The summed E-state index contributed by atoms with van der Waals surface area (Å²) in [4.78, 5) is 19.4. The molecule has 0 spiro atoms. The largest absolute Gasteiger partial charge is 0.321 e. The Morgan fingerprint density at radius 2 is 2.22 bits per heavy atom. The summed E-state index contributed by atoms with van der Waals surface area (Å²) in [5.74, 6) is -0.385. The summed E-state index contributed by atoms with van der Waals surface area (Å²) in [7, 11) is 0. The number of nitrogens with one attached hydrogen (secondary N) is 1. The number of hydrogen-bond donors (Lipinski definition) is 1. The number of hydrogen-bond acceptors (Lipinski definition) is 4. The minimum Gasteiger partial charge on any atom is -0.321 e. The molecular weight excluding hydrogens is 252 g/mol. The quantitative estimate of drug-likeness (QED) is 0.896. The van der Waals surface area contributed by atoms with E-state index in [1.807, 2.05) is 6.07 Å². The highest BCUT2D eigenvalue weighted by molar-refractivity contribution is 6.32. The number of aromatic nitrogens is 2. The van der Waals surface area contributed by atoms with Gasteiger partial charge < -0.3 is 5.32 Å². The van der Waals surface area contributed by atoms with Gasteiger partial charge >= 0.3 is 0 Å². The van der Waals surface area contributed by atoms with E-state index in [9.17, 15) is 4.79 Å². The molecule has 0 bridgehead atoms. The number of carbonyl (C=O) groups is 1. The van der Waals surface area contributed by atoms with Gasteiger partial charge in [0.1, 0.15) is 11.8 Å². The SMILES string of the molecule is N#Cc1ccc(NC(=O)c2cnccn2)cc1Cl. The minimum atomic E-state index is -0.385. The van der Waals surface area contributed by atoms with Gasteiger partial charge in [0.25, 0.3) is 5.91 Å². The van der Waals surface area contributed by atoms with Crippen molar-refractivity contribution in [1.82, 2.24) is 9.97 Å². The Hall–Kier alpha value is -2.45. The maximum Gasteiger partial charge on any atom is 0.275 e. The summed E-state index contributed by atoms with van der Waals surface area (Å²) in [5, 5.41) is 11.6. The standard InChI is InChI=1S/C12H7ClN4O/c13-10-5-9(2-1-8(10)6-14)17-12(18)11-7-15-3-4-16-11/h1-5,7H,(H,17,18). The van der Waals surface area contributed by atoms with E-state index in [1.54, 1.807) is 6.07 Å². The van der Waals surface area contributed by atoms with Crippen molar-refractivity contribution in [3.8, 4) is 6.07 Å². The lowest BCUT2D eigenvalue weighted by atomic mass is 10.2. The highest BCUT2D eigenvalue weighted by Gasteiger charge is 2.08. The smallest absolute Gasteiger partial charge is 0.275 e. The Labute approximate surface area is 108 Å². The molecule has 0 aliphatic heterocycles. The van der Waals surface area contributed by atoms with Gasteiger partial charge in [0.05, 0.1) is 16.8 Å². The van der Waals surface area contributed by atoms with Gasteiger partial charge in [0.15, 0.2) is 0 Å². The second-order valence-corrected chi connectivity index (χ2v) is 3.76. The third-order valence-corrected chi connectivity index (χ3v) is 2.46. The summed E-state index contributed by atoms with van der Waals surface area (Å²) in [6.07, 6.45) is 4.27. The van der Waals surface area contributed by atoms with Crippen LogP contribution in [0.4, 0.5) is 5.69 Å². The van der Waals surface area contributed by atoms with Crippen molar-refractivity contribution in [3.63, 3.8) is 0 Å². The third-order valence-electron chi connectivity index (χ3n) is 2.14. The van der Waals surface area contributed by atoms with Crippen LogP contribution in [-0.4, -0.2) is 15.9 Å². The van der Waals surface area contributed by atoms with E-state index < -0.39 is 0 Å².